The van der Waals surface area contributed by atoms with Crippen molar-refractivity contribution in [1.29, 1.82) is 0 Å². The normalized spacial score (nSPS) is 11.2. The van der Waals surface area contributed by atoms with Gasteiger partial charge in [-0.2, -0.15) is 0 Å². The summed E-state index contributed by atoms with van der Waals surface area (Å²) in [6.45, 7) is 6.02. The van der Waals surface area contributed by atoms with E-state index in [1.165, 1.54) is 17.7 Å². The minimum absolute atomic E-state index is 0.178. The van der Waals surface area contributed by atoms with E-state index in [2.05, 4.69) is 47.0 Å². The molecule has 0 spiro atoms. The monoisotopic (exact) mass is 454 g/mol. The molecule has 146 valence electrons. The molecule has 2 rings (SSSR count). The van der Waals surface area contributed by atoms with E-state index in [0.29, 0.717) is 5.69 Å². The van der Waals surface area contributed by atoms with Crippen LogP contribution in [0.25, 0.3) is 10.4 Å². The third-order valence-electron chi connectivity index (χ3n) is 3.96. The van der Waals surface area contributed by atoms with Crippen molar-refractivity contribution in [3.05, 3.63) is 68.5 Å². The van der Waals surface area contributed by atoms with Crippen molar-refractivity contribution < 1.29 is 17.5 Å². The molecule has 0 bridgehead atoms. The zero-order chi connectivity index (χ0) is 20.7. The van der Waals surface area contributed by atoms with Crippen LogP contribution in [0, 0.1) is 6.92 Å². The maximum Gasteiger partial charge on any atom is 0.124 e. The molecule has 0 saturated heterocycles. The molecule has 0 aliphatic rings. The average molecular weight is 455 g/mol. The Morgan fingerprint density at radius 3 is 2.22 bits per heavy atom. The second kappa shape index (κ2) is 9.87. The van der Waals surface area contributed by atoms with Gasteiger partial charge in [-0.3, -0.25) is 0 Å². The summed E-state index contributed by atoms with van der Waals surface area (Å²) >= 11 is 3.51. The van der Waals surface area contributed by atoms with Crippen molar-refractivity contribution >= 4 is 31.7 Å². The molecule has 2 aromatic rings. The standard InChI is InChI=1S/C11H16BrN4.C7H8O3S/c1-4-16(2,3)8-9-5-6-10(14-15-13)7-11(9)12;1-6-2-4-7(5-3-6)11(8,9)10/h5-7H,4,8H2,1-3H3;2-5H,1H3,(H,8,9,10)/q+1;/p-1. The van der Waals surface area contributed by atoms with Crippen LogP contribution in [-0.2, 0) is 16.7 Å². The van der Waals surface area contributed by atoms with Crippen molar-refractivity contribution in [2.24, 2.45) is 5.11 Å². The summed E-state index contributed by atoms with van der Waals surface area (Å²) < 4.78 is 33.1. The third-order valence-corrected chi connectivity index (χ3v) is 5.55. The number of halogens is 1. The van der Waals surface area contributed by atoms with Crippen LogP contribution in [0.5, 0.6) is 0 Å². The first-order valence-electron chi connectivity index (χ1n) is 8.16. The topological polar surface area (TPSA) is 106 Å². The van der Waals surface area contributed by atoms with Gasteiger partial charge < -0.3 is 9.04 Å². The lowest BCUT2D eigenvalue weighted by Crippen LogP contribution is -2.38. The first-order valence-corrected chi connectivity index (χ1v) is 10.4. The highest BCUT2D eigenvalue weighted by molar-refractivity contribution is 9.10. The van der Waals surface area contributed by atoms with Crippen LogP contribution in [0.1, 0.15) is 18.1 Å². The number of quaternary nitrogens is 1. The van der Waals surface area contributed by atoms with Gasteiger partial charge in [0.25, 0.3) is 0 Å². The molecule has 0 heterocycles. The summed E-state index contributed by atoms with van der Waals surface area (Å²) in [5.41, 5.74) is 11.1. The second-order valence-electron chi connectivity index (χ2n) is 6.64. The molecule has 9 heteroatoms. The van der Waals surface area contributed by atoms with Gasteiger partial charge in [-0.15, -0.1) is 0 Å². The van der Waals surface area contributed by atoms with E-state index in [9.17, 15) is 13.0 Å². The molecule has 0 aliphatic carbocycles. The molecule has 27 heavy (non-hydrogen) atoms. The van der Waals surface area contributed by atoms with Gasteiger partial charge in [0.05, 0.1) is 25.5 Å². The first kappa shape index (κ1) is 23.1. The van der Waals surface area contributed by atoms with Crippen molar-refractivity contribution in [3.8, 4) is 0 Å². The fraction of sp³-hybridized carbons (Fsp3) is 0.333. The smallest absolute Gasteiger partial charge is 0.124 e. The number of rotatable bonds is 5. The quantitative estimate of drug-likeness (QED) is 0.211. The summed E-state index contributed by atoms with van der Waals surface area (Å²) in [5, 5.41) is 3.57. The zero-order valence-corrected chi connectivity index (χ0v) is 18.2. The molecule has 7 nitrogen and oxygen atoms in total. The van der Waals surface area contributed by atoms with Crippen LogP contribution in [0.2, 0.25) is 0 Å². The lowest BCUT2D eigenvalue weighted by atomic mass is 10.2. The summed E-state index contributed by atoms with van der Waals surface area (Å²) in [6.07, 6.45) is 0. The largest absolute Gasteiger partial charge is 0.744 e. The zero-order valence-electron chi connectivity index (χ0n) is 15.8. The highest BCUT2D eigenvalue weighted by Crippen LogP contribution is 2.25. The van der Waals surface area contributed by atoms with Crippen molar-refractivity contribution in [1.82, 2.24) is 0 Å². The van der Waals surface area contributed by atoms with Gasteiger partial charge in [-0.05, 0) is 37.6 Å². The molecule has 0 atom stereocenters. The lowest BCUT2D eigenvalue weighted by molar-refractivity contribution is -0.901. The maximum atomic E-state index is 10.4. The van der Waals surface area contributed by atoms with Crippen LogP contribution in [0.4, 0.5) is 5.69 Å². The van der Waals surface area contributed by atoms with E-state index in [1.54, 1.807) is 12.1 Å². The van der Waals surface area contributed by atoms with Gasteiger partial charge in [0, 0.05) is 20.6 Å². The van der Waals surface area contributed by atoms with E-state index in [-0.39, 0.29) is 4.90 Å². The molecule has 2 aromatic carbocycles. The molecule has 0 saturated carbocycles. The SMILES string of the molecule is CC[N+](C)(C)Cc1ccc(N=[N+]=[N-])cc1Br.Cc1ccc(S(=O)(=O)[O-])cc1. The van der Waals surface area contributed by atoms with Crippen molar-refractivity contribution in [2.75, 3.05) is 20.6 Å². The van der Waals surface area contributed by atoms with Gasteiger partial charge in [0.2, 0.25) is 0 Å². The average Bonchev–Trinajstić information content (AvgIpc) is 2.58. The molecule has 0 N–H and O–H groups in total. The Kier molecular flexibility index (Phi) is 8.46. The van der Waals surface area contributed by atoms with Crippen LogP contribution in [0.15, 0.2) is 56.9 Å². The number of azide groups is 1. The van der Waals surface area contributed by atoms with Crippen molar-refractivity contribution in [3.63, 3.8) is 0 Å². The van der Waals surface area contributed by atoms with E-state index in [1.807, 2.05) is 25.1 Å². The predicted octanol–water partition coefficient (Wildman–Crippen LogP) is 4.89. The van der Waals surface area contributed by atoms with Gasteiger partial charge >= 0.3 is 0 Å². The molecule has 0 fully saturated rings. The van der Waals surface area contributed by atoms with E-state index in [0.717, 1.165) is 27.6 Å². The second-order valence-corrected chi connectivity index (χ2v) is 8.88. The van der Waals surface area contributed by atoms with E-state index in [4.69, 9.17) is 5.53 Å². The fourth-order valence-electron chi connectivity index (χ4n) is 2.06. The Balaban J connectivity index is 0.000000289. The third kappa shape index (κ3) is 8.11. The number of benzene rings is 2. The Hall–Kier alpha value is -1.90. The number of hydrogen-bond acceptors (Lipinski definition) is 4. The molecule has 0 radical (unpaired) electrons. The minimum atomic E-state index is -4.27. The van der Waals surface area contributed by atoms with E-state index < -0.39 is 10.1 Å². The number of hydrogen-bond donors (Lipinski definition) is 0. The molecular weight excluding hydrogens is 432 g/mol. The number of nitrogens with zero attached hydrogens (tertiary/aromatic N) is 4. The lowest BCUT2D eigenvalue weighted by Gasteiger charge is -2.28. The van der Waals surface area contributed by atoms with Gasteiger partial charge in [-0.25, -0.2) is 8.42 Å². The predicted molar refractivity (Wildman–Crippen MR) is 108 cm³/mol. The highest BCUT2D eigenvalue weighted by Gasteiger charge is 2.14. The Labute approximate surface area is 168 Å². The minimum Gasteiger partial charge on any atom is -0.744 e. The number of aryl methyl sites for hydroxylation is 1. The van der Waals surface area contributed by atoms with Gasteiger partial charge in [0.15, 0.2) is 0 Å². The fourth-order valence-corrected chi connectivity index (χ4v) is 3.02. The van der Waals surface area contributed by atoms with Crippen molar-refractivity contribution in [2.45, 2.75) is 25.3 Å². The maximum absolute atomic E-state index is 10.4. The first-order chi connectivity index (χ1) is 12.5. The summed E-state index contributed by atoms with van der Waals surface area (Å²) in [5.74, 6) is 0. The van der Waals surface area contributed by atoms with Gasteiger partial charge in [-0.1, -0.05) is 50.9 Å². The summed E-state index contributed by atoms with van der Waals surface area (Å²) in [4.78, 5) is 2.59. The van der Waals surface area contributed by atoms with Gasteiger partial charge in [0.1, 0.15) is 16.7 Å². The molecule has 0 unspecified atom stereocenters. The Morgan fingerprint density at radius 2 is 1.78 bits per heavy atom. The van der Waals surface area contributed by atoms with E-state index >= 15 is 0 Å². The molecule has 0 aliphatic heterocycles. The summed E-state index contributed by atoms with van der Waals surface area (Å²) in [7, 11) is 0.107. The van der Waals surface area contributed by atoms with Crippen LogP contribution >= 0.6 is 15.9 Å². The highest BCUT2D eigenvalue weighted by atomic mass is 79.9. The Bertz CT molecular complexity index is 922. The Morgan fingerprint density at radius 1 is 1.19 bits per heavy atom. The molecule has 0 amide bonds. The van der Waals surface area contributed by atoms with Crippen LogP contribution in [0.3, 0.4) is 0 Å². The van der Waals surface area contributed by atoms with Crippen LogP contribution < -0.4 is 0 Å². The summed E-state index contributed by atoms with van der Waals surface area (Å²) in [6, 6.07) is 11.5. The molecule has 0 aromatic heterocycles. The molecular formula is C18H23BrN4O3S. The van der Waals surface area contributed by atoms with Crippen LogP contribution in [-0.4, -0.2) is 38.1 Å².